The number of benzene rings is 2. The Balaban J connectivity index is 1.50. The third-order valence-corrected chi connectivity index (χ3v) is 4.27. The molecule has 1 amide bonds. The highest BCUT2D eigenvalue weighted by atomic mass is 16.5. The first-order chi connectivity index (χ1) is 12.9. The monoisotopic (exact) mass is 368 g/mol. The minimum absolute atomic E-state index is 0.0413. The number of aryl methyl sites for hydroxylation is 3. The maximum atomic E-state index is 11.9. The number of fused-ring (bicyclic) bond motifs is 1. The van der Waals surface area contributed by atoms with Crippen LogP contribution in [0.15, 0.2) is 51.7 Å². The predicted molar refractivity (Wildman–Crippen MR) is 101 cm³/mol. The lowest BCUT2D eigenvalue weighted by Gasteiger charge is -2.08. The van der Waals surface area contributed by atoms with E-state index in [0.29, 0.717) is 16.8 Å². The lowest BCUT2D eigenvalue weighted by atomic mass is 10.1. The van der Waals surface area contributed by atoms with Crippen molar-refractivity contribution in [1.29, 1.82) is 0 Å². The van der Waals surface area contributed by atoms with Crippen LogP contribution in [-0.2, 0) is 20.9 Å². The fourth-order valence-electron chi connectivity index (χ4n) is 2.66. The molecule has 1 N–H and O–H groups in total. The van der Waals surface area contributed by atoms with Gasteiger partial charge in [-0.15, -0.1) is 0 Å². The Morgan fingerprint density at radius 3 is 2.67 bits per heavy atom. The predicted octanol–water partition coefficient (Wildman–Crippen LogP) is 2.78. The summed E-state index contributed by atoms with van der Waals surface area (Å²) in [5.41, 5.74) is 3.91. The van der Waals surface area contributed by atoms with Gasteiger partial charge in [0.25, 0.3) is 5.91 Å². The zero-order valence-electron chi connectivity index (χ0n) is 15.2. The third-order valence-electron chi connectivity index (χ3n) is 4.27. The molecule has 27 heavy (non-hydrogen) atoms. The Hall–Kier alpha value is -3.35. The van der Waals surface area contributed by atoms with Gasteiger partial charge in [0, 0.05) is 12.2 Å². The van der Waals surface area contributed by atoms with Crippen molar-refractivity contribution in [2.75, 3.05) is 11.9 Å². The average molecular weight is 368 g/mol. The van der Waals surface area contributed by atoms with Crippen molar-refractivity contribution in [2.24, 2.45) is 0 Å². The number of rotatable bonds is 6. The van der Waals surface area contributed by atoms with Gasteiger partial charge in [-0.25, -0.2) is 4.79 Å². The van der Waals surface area contributed by atoms with Gasteiger partial charge in [0.1, 0.15) is 0 Å². The third kappa shape index (κ3) is 4.44. The molecule has 0 aliphatic carbocycles. The molecule has 2 aromatic carbocycles. The summed E-state index contributed by atoms with van der Waals surface area (Å²) in [5.74, 6) is -1.52. The van der Waals surface area contributed by atoms with E-state index in [-0.39, 0.29) is 19.6 Å². The summed E-state index contributed by atoms with van der Waals surface area (Å²) in [5, 5.41) is 2.68. The first kappa shape index (κ1) is 18.4. The van der Waals surface area contributed by atoms with Crippen LogP contribution in [-0.4, -0.2) is 23.1 Å². The fraction of sp³-hybridized carbons (Fsp3) is 0.250. The van der Waals surface area contributed by atoms with Crippen molar-refractivity contribution in [2.45, 2.75) is 26.8 Å². The Kier molecular flexibility index (Phi) is 5.40. The van der Waals surface area contributed by atoms with Crippen molar-refractivity contribution in [3.63, 3.8) is 0 Å². The molecule has 0 spiro atoms. The Bertz CT molecular complexity index is 1050. The van der Waals surface area contributed by atoms with Crippen LogP contribution in [0, 0.1) is 13.8 Å². The van der Waals surface area contributed by atoms with Crippen molar-refractivity contribution in [3.8, 4) is 0 Å². The van der Waals surface area contributed by atoms with E-state index in [1.807, 2.05) is 26.0 Å². The molecule has 0 radical (unpaired) electrons. The second-order valence-electron chi connectivity index (χ2n) is 6.25. The summed E-state index contributed by atoms with van der Waals surface area (Å²) in [6.07, 6.45) is -0.0413. The second kappa shape index (κ2) is 7.90. The second-order valence-corrected chi connectivity index (χ2v) is 6.25. The molecule has 0 fully saturated rings. The van der Waals surface area contributed by atoms with Crippen LogP contribution in [0.3, 0.4) is 0 Å². The van der Waals surface area contributed by atoms with Crippen LogP contribution in [0.25, 0.3) is 11.1 Å². The maximum Gasteiger partial charge on any atom is 0.419 e. The lowest BCUT2D eigenvalue weighted by Crippen LogP contribution is -2.22. The summed E-state index contributed by atoms with van der Waals surface area (Å²) >= 11 is 0. The molecule has 0 bridgehead atoms. The van der Waals surface area contributed by atoms with Gasteiger partial charge < -0.3 is 14.5 Å². The number of amides is 1. The average Bonchev–Trinajstić information content (AvgIpc) is 2.96. The SMILES string of the molecule is Cc1ccc(NC(=O)COC(=O)CCn2c(=O)oc3ccccc32)cc1C. The van der Waals surface area contributed by atoms with E-state index in [2.05, 4.69) is 5.32 Å². The number of carbonyl (C=O) groups excluding carboxylic acids is 2. The van der Waals surface area contributed by atoms with E-state index in [0.717, 1.165) is 11.1 Å². The fourth-order valence-corrected chi connectivity index (χ4v) is 2.66. The van der Waals surface area contributed by atoms with Gasteiger partial charge in [-0.1, -0.05) is 18.2 Å². The standard InChI is InChI=1S/C20H20N2O5/c1-13-7-8-15(11-14(13)2)21-18(23)12-26-19(24)9-10-22-16-5-3-4-6-17(16)27-20(22)25/h3-8,11H,9-10,12H2,1-2H3,(H,21,23). The maximum absolute atomic E-state index is 11.9. The highest BCUT2D eigenvalue weighted by molar-refractivity contribution is 5.92. The summed E-state index contributed by atoms with van der Waals surface area (Å²) in [7, 11) is 0. The smallest absolute Gasteiger partial charge is 0.419 e. The van der Waals surface area contributed by atoms with Crippen molar-refractivity contribution < 1.29 is 18.7 Å². The van der Waals surface area contributed by atoms with Gasteiger partial charge >= 0.3 is 11.7 Å². The van der Waals surface area contributed by atoms with E-state index in [1.54, 1.807) is 30.3 Å². The summed E-state index contributed by atoms with van der Waals surface area (Å²) < 4.78 is 11.5. The number of carbonyl (C=O) groups is 2. The summed E-state index contributed by atoms with van der Waals surface area (Å²) in [6, 6.07) is 12.5. The van der Waals surface area contributed by atoms with Gasteiger partial charge in [-0.3, -0.25) is 14.2 Å². The van der Waals surface area contributed by atoms with Gasteiger partial charge in [0.15, 0.2) is 12.2 Å². The lowest BCUT2D eigenvalue weighted by molar-refractivity contribution is -0.147. The van der Waals surface area contributed by atoms with Crippen LogP contribution in [0.2, 0.25) is 0 Å². The molecule has 0 aliphatic heterocycles. The molecule has 7 heteroatoms. The van der Waals surface area contributed by atoms with Gasteiger partial charge in [0.2, 0.25) is 0 Å². The first-order valence-electron chi connectivity index (χ1n) is 8.55. The van der Waals surface area contributed by atoms with Crippen LogP contribution >= 0.6 is 0 Å². The first-order valence-corrected chi connectivity index (χ1v) is 8.55. The van der Waals surface area contributed by atoms with Crippen LogP contribution in [0.1, 0.15) is 17.5 Å². The molecule has 140 valence electrons. The highest BCUT2D eigenvalue weighted by Crippen LogP contribution is 2.14. The molecule has 0 atom stereocenters. The number of hydrogen-bond acceptors (Lipinski definition) is 5. The molecule has 1 heterocycles. The summed E-state index contributed by atoms with van der Waals surface area (Å²) in [4.78, 5) is 35.7. The molecule has 1 aromatic heterocycles. The van der Waals surface area contributed by atoms with E-state index in [9.17, 15) is 14.4 Å². The van der Waals surface area contributed by atoms with Crippen LogP contribution < -0.4 is 11.1 Å². The molecule has 7 nitrogen and oxygen atoms in total. The zero-order chi connectivity index (χ0) is 19.4. The van der Waals surface area contributed by atoms with Crippen molar-refractivity contribution in [3.05, 3.63) is 64.1 Å². The van der Waals surface area contributed by atoms with Crippen LogP contribution in [0.4, 0.5) is 5.69 Å². The Labute approximate surface area is 155 Å². The topological polar surface area (TPSA) is 90.5 Å². The largest absolute Gasteiger partial charge is 0.456 e. The Morgan fingerprint density at radius 2 is 1.89 bits per heavy atom. The Morgan fingerprint density at radius 1 is 1.11 bits per heavy atom. The van der Waals surface area contributed by atoms with E-state index in [1.165, 1.54) is 4.57 Å². The van der Waals surface area contributed by atoms with Crippen LogP contribution in [0.5, 0.6) is 0 Å². The number of anilines is 1. The van der Waals surface area contributed by atoms with Gasteiger partial charge in [-0.05, 0) is 49.2 Å². The molecule has 0 aliphatic rings. The van der Waals surface area contributed by atoms with Gasteiger partial charge in [-0.2, -0.15) is 0 Å². The highest BCUT2D eigenvalue weighted by Gasteiger charge is 2.12. The van der Waals surface area contributed by atoms with Crippen molar-refractivity contribution in [1.82, 2.24) is 4.57 Å². The van der Waals surface area contributed by atoms with Crippen molar-refractivity contribution >= 4 is 28.7 Å². The number of oxazole rings is 1. The van der Waals surface area contributed by atoms with E-state index >= 15 is 0 Å². The molecule has 0 saturated carbocycles. The number of ether oxygens (including phenoxy) is 1. The zero-order valence-corrected chi connectivity index (χ0v) is 15.2. The van der Waals surface area contributed by atoms with Gasteiger partial charge in [0.05, 0.1) is 11.9 Å². The summed E-state index contributed by atoms with van der Waals surface area (Å²) in [6.45, 7) is 3.67. The number of nitrogens with one attached hydrogen (secondary N) is 1. The van der Waals surface area contributed by atoms with E-state index in [4.69, 9.17) is 9.15 Å². The molecular formula is C20H20N2O5. The minimum Gasteiger partial charge on any atom is -0.456 e. The molecule has 0 saturated heterocycles. The number of nitrogens with zero attached hydrogens (tertiary/aromatic N) is 1. The number of hydrogen-bond donors (Lipinski definition) is 1. The molecule has 3 aromatic rings. The molecular weight excluding hydrogens is 348 g/mol. The quantitative estimate of drug-likeness (QED) is 0.676. The number of para-hydroxylation sites is 2. The molecule has 0 unspecified atom stereocenters. The molecule has 3 rings (SSSR count). The minimum atomic E-state index is -0.567. The normalized spacial score (nSPS) is 10.7. The number of aromatic nitrogens is 1. The van der Waals surface area contributed by atoms with E-state index < -0.39 is 17.6 Å². The number of esters is 1.